The fraction of sp³-hybridized carbons (Fsp3) is 0.571. The van der Waals surface area contributed by atoms with Gasteiger partial charge in [-0.2, -0.15) is 0 Å². The van der Waals surface area contributed by atoms with Gasteiger partial charge in [0.2, 0.25) is 0 Å². The van der Waals surface area contributed by atoms with Gasteiger partial charge in [0.15, 0.2) is 0 Å². The Labute approximate surface area is 130 Å². The fourth-order valence-electron chi connectivity index (χ4n) is 2.23. The van der Waals surface area contributed by atoms with Gasteiger partial charge in [-0.05, 0) is 28.2 Å². The van der Waals surface area contributed by atoms with E-state index in [2.05, 4.69) is 27.9 Å². The molecule has 0 amide bonds. The molecule has 112 valence electrons. The third kappa shape index (κ3) is 3.59. The second-order valence-electron chi connectivity index (χ2n) is 4.98. The van der Waals surface area contributed by atoms with E-state index in [1.807, 2.05) is 11.0 Å². The Bertz CT molecular complexity index is 470. The van der Waals surface area contributed by atoms with Crippen LogP contribution >= 0.6 is 22.6 Å². The van der Waals surface area contributed by atoms with Gasteiger partial charge in [0, 0.05) is 19.5 Å². The van der Waals surface area contributed by atoms with Crippen LogP contribution in [-0.4, -0.2) is 29.1 Å². The van der Waals surface area contributed by atoms with E-state index >= 15 is 0 Å². The third-order valence-corrected chi connectivity index (χ3v) is 3.54. The molecule has 1 aromatic rings. The highest BCUT2D eigenvalue weighted by atomic mass is 127. The van der Waals surface area contributed by atoms with E-state index < -0.39 is 17.9 Å². The topological polar surface area (TPSA) is 41.5 Å². The summed E-state index contributed by atoms with van der Waals surface area (Å²) < 4.78 is 30.8. The minimum absolute atomic E-state index is 0.0418. The number of fused-ring (bicyclic) bond motifs is 1. The van der Waals surface area contributed by atoms with Gasteiger partial charge in [-0.15, -0.1) is 0 Å². The second kappa shape index (κ2) is 6.53. The van der Waals surface area contributed by atoms with Crippen LogP contribution in [-0.2, 0) is 6.54 Å². The van der Waals surface area contributed by atoms with Gasteiger partial charge in [0.05, 0.1) is 18.6 Å². The lowest BCUT2D eigenvalue weighted by Gasteiger charge is -2.23. The zero-order chi connectivity index (χ0) is 14.8. The van der Waals surface area contributed by atoms with Gasteiger partial charge in [-0.3, -0.25) is 0 Å². The van der Waals surface area contributed by atoms with Crippen LogP contribution in [0.15, 0.2) is 18.2 Å². The number of benzene rings is 1. The number of rotatable bonds is 3. The first-order valence-electron chi connectivity index (χ1n) is 6.46. The van der Waals surface area contributed by atoms with Crippen molar-refractivity contribution in [2.45, 2.75) is 25.0 Å². The van der Waals surface area contributed by atoms with E-state index in [1.54, 1.807) is 12.1 Å². The average molecular weight is 397 g/mol. The molecule has 3 rings (SSSR count). The highest BCUT2D eigenvalue weighted by Gasteiger charge is 2.57. The summed E-state index contributed by atoms with van der Waals surface area (Å²) in [6, 6.07) is 5.38. The Morgan fingerprint density at radius 2 is 2.15 bits per heavy atom. The summed E-state index contributed by atoms with van der Waals surface area (Å²) in [4.78, 5) is 1.97. The van der Waals surface area contributed by atoms with Crippen molar-refractivity contribution in [2.75, 3.05) is 18.1 Å². The monoisotopic (exact) mass is 397 g/mol. The van der Waals surface area contributed by atoms with Crippen LogP contribution in [0, 0.1) is 5.92 Å². The van der Waals surface area contributed by atoms with Gasteiger partial charge in [-0.25, -0.2) is 8.78 Å². The number of nitrogens with one attached hydrogen (secondary N) is 1. The highest BCUT2D eigenvalue weighted by Crippen LogP contribution is 2.48. The van der Waals surface area contributed by atoms with E-state index in [9.17, 15) is 13.9 Å². The zero-order valence-electron chi connectivity index (χ0n) is 11.2. The average Bonchev–Trinajstić information content (AvgIpc) is 3.07. The molecule has 1 fully saturated rings. The molecule has 0 saturated heterocycles. The Kier molecular flexibility index (Phi) is 5.19. The molecule has 1 aliphatic carbocycles. The maximum atomic E-state index is 12.7. The Balaban J connectivity index is 0.000000704. The summed E-state index contributed by atoms with van der Waals surface area (Å²) in [7, 11) is 0. The van der Waals surface area contributed by atoms with E-state index in [0.717, 1.165) is 11.1 Å². The number of halogens is 3. The molecule has 2 aliphatic rings. The van der Waals surface area contributed by atoms with Crippen molar-refractivity contribution in [1.82, 2.24) is 5.32 Å². The molecule has 0 aromatic heterocycles. The first-order chi connectivity index (χ1) is 9.56. The first kappa shape index (κ1) is 15.9. The number of aliphatic hydroxyl groups is 1. The predicted octanol–water partition coefficient (Wildman–Crippen LogP) is 2.91. The fourth-order valence-corrected chi connectivity index (χ4v) is 2.23. The molecule has 0 bridgehead atoms. The normalized spacial score (nSPS) is 26.1. The molecule has 1 aromatic carbocycles. The van der Waals surface area contributed by atoms with Crippen molar-refractivity contribution >= 4 is 22.6 Å². The van der Waals surface area contributed by atoms with Crippen LogP contribution in [0.1, 0.15) is 23.7 Å². The summed E-state index contributed by atoms with van der Waals surface area (Å²) >= 11 is 2.15. The molecule has 1 aliphatic heterocycles. The Hall–Kier alpha value is -0.470. The van der Waals surface area contributed by atoms with Gasteiger partial charge in [0.25, 0.3) is 5.92 Å². The van der Waals surface area contributed by atoms with E-state index in [4.69, 9.17) is 4.74 Å². The molecule has 1 heterocycles. The minimum atomic E-state index is -2.54. The number of hydrogen-bond donors (Lipinski definition) is 2. The van der Waals surface area contributed by atoms with E-state index in [0.29, 0.717) is 18.8 Å². The zero-order valence-corrected chi connectivity index (χ0v) is 13.4. The molecule has 6 heteroatoms. The predicted molar refractivity (Wildman–Crippen MR) is 81.6 cm³/mol. The molecule has 2 unspecified atom stereocenters. The van der Waals surface area contributed by atoms with Crippen molar-refractivity contribution in [2.24, 2.45) is 5.92 Å². The number of hydrogen-bond acceptors (Lipinski definition) is 3. The van der Waals surface area contributed by atoms with Crippen LogP contribution in [0.5, 0.6) is 5.75 Å². The minimum Gasteiger partial charge on any atom is -0.493 e. The lowest BCUT2D eigenvalue weighted by atomic mass is 9.98. The molecular weight excluding hydrogens is 379 g/mol. The van der Waals surface area contributed by atoms with Gasteiger partial charge >= 0.3 is 0 Å². The quantitative estimate of drug-likeness (QED) is 0.609. The van der Waals surface area contributed by atoms with Crippen molar-refractivity contribution in [3.63, 3.8) is 0 Å². The summed E-state index contributed by atoms with van der Waals surface area (Å²) in [5.41, 5.74) is 1.85. The lowest BCUT2D eigenvalue weighted by molar-refractivity contribution is 0.0855. The molecule has 3 nitrogen and oxygen atoms in total. The molecule has 0 radical (unpaired) electrons. The highest BCUT2D eigenvalue weighted by molar-refractivity contribution is 14.1. The van der Waals surface area contributed by atoms with Gasteiger partial charge in [-0.1, -0.05) is 28.7 Å². The first-order valence-corrected chi connectivity index (χ1v) is 8.62. The largest absolute Gasteiger partial charge is 0.493 e. The number of aliphatic hydroxyl groups excluding tert-OH is 1. The smallest absolute Gasteiger partial charge is 0.255 e. The summed E-state index contributed by atoms with van der Waals surface area (Å²) in [5, 5.41) is 12.9. The van der Waals surface area contributed by atoms with Crippen molar-refractivity contribution in [3.8, 4) is 5.75 Å². The molecule has 0 spiro atoms. The number of ether oxygens (including phenoxy) is 1. The van der Waals surface area contributed by atoms with Gasteiger partial charge < -0.3 is 15.2 Å². The summed E-state index contributed by atoms with van der Waals surface area (Å²) in [6.45, 7) is 1.27. The van der Waals surface area contributed by atoms with Crippen LogP contribution in [0.3, 0.4) is 0 Å². The number of β-amino-alcohol motifs (C(OH)–C–C–N with tert-alkyl or cyclic N) is 1. The lowest BCUT2D eigenvalue weighted by Crippen LogP contribution is -2.27. The Morgan fingerprint density at radius 1 is 1.45 bits per heavy atom. The van der Waals surface area contributed by atoms with E-state index in [-0.39, 0.29) is 13.0 Å². The maximum absolute atomic E-state index is 12.7. The Morgan fingerprint density at radius 3 is 2.80 bits per heavy atom. The van der Waals surface area contributed by atoms with Crippen molar-refractivity contribution < 1.29 is 18.6 Å². The molecule has 2 atom stereocenters. The summed E-state index contributed by atoms with van der Waals surface area (Å²) in [6.07, 6.45) is -0.635. The maximum Gasteiger partial charge on any atom is 0.255 e. The van der Waals surface area contributed by atoms with Crippen molar-refractivity contribution in [1.29, 1.82) is 0 Å². The van der Waals surface area contributed by atoms with Crippen molar-refractivity contribution in [3.05, 3.63) is 29.3 Å². The molecule has 20 heavy (non-hydrogen) atoms. The molecular formula is C14H18F2INO2. The molecule has 1 saturated carbocycles. The van der Waals surface area contributed by atoms with Crippen LogP contribution in [0.2, 0.25) is 0 Å². The number of alkyl halides is 3. The SMILES string of the molecule is CI.OC1CNCc2ccc(OCC3CC3(F)F)cc21. The van der Waals surface area contributed by atoms with Crippen LogP contribution in [0.25, 0.3) is 0 Å². The van der Waals surface area contributed by atoms with Gasteiger partial charge in [0.1, 0.15) is 5.75 Å². The third-order valence-electron chi connectivity index (χ3n) is 3.54. The van der Waals surface area contributed by atoms with Crippen LogP contribution < -0.4 is 10.1 Å². The van der Waals surface area contributed by atoms with Crippen LogP contribution in [0.4, 0.5) is 8.78 Å². The molecule has 2 N–H and O–H groups in total. The second-order valence-corrected chi connectivity index (χ2v) is 4.98. The standard InChI is InChI=1S/C13H15F2NO2.CH3I/c14-13(15)4-9(13)7-18-10-2-1-8-5-16-6-12(17)11(8)3-10;1-2/h1-3,9,12,16-17H,4-7H2;1H3. The summed E-state index contributed by atoms with van der Waals surface area (Å²) in [5.74, 6) is -2.64. The van der Waals surface area contributed by atoms with E-state index in [1.165, 1.54) is 0 Å².